The van der Waals surface area contributed by atoms with Crippen LogP contribution >= 0.6 is 11.8 Å². The predicted octanol–water partition coefficient (Wildman–Crippen LogP) is 5.35. The van der Waals surface area contributed by atoms with Crippen LogP contribution in [0.1, 0.15) is 64.2 Å². The topological polar surface area (TPSA) is 86.9 Å². The first-order valence-corrected chi connectivity index (χ1v) is 13.2. The van der Waals surface area contributed by atoms with Gasteiger partial charge in [-0.25, -0.2) is 0 Å². The summed E-state index contributed by atoms with van der Waals surface area (Å²) in [4.78, 5) is 15.6. The first-order chi connectivity index (χ1) is 16.6. The summed E-state index contributed by atoms with van der Waals surface area (Å²) in [6.45, 7) is 0. The Bertz CT molecular complexity index is 911. The van der Waals surface area contributed by atoms with E-state index in [0.29, 0.717) is 51.8 Å². The molecule has 0 radical (unpaired) electrons. The molecule has 186 valence electrons. The lowest BCUT2D eigenvalue weighted by molar-refractivity contribution is -0.135. The fourth-order valence-corrected chi connectivity index (χ4v) is 5.84. The number of rotatable bonds is 9. The molecule has 2 aromatic rings. The molecule has 2 saturated carbocycles. The maximum Gasteiger partial charge on any atom is 0.277 e. The lowest BCUT2D eigenvalue weighted by Crippen LogP contribution is -2.49. The minimum absolute atomic E-state index is 0.191. The Labute approximate surface area is 205 Å². The minimum atomic E-state index is 0.191. The molecule has 0 spiro atoms. The standard InChI is InChI=1S/C25H35N3O5S/c1-30-20-14-17(15-21(31-2)23(20)32-3)24-26-27-25(33-24)34-16-22(29)28(18-10-6-4-7-11-18)19-12-8-5-9-13-19/h14-15,18-19H,4-13,16H2,1-3H3. The maximum absolute atomic E-state index is 13.4. The summed E-state index contributed by atoms with van der Waals surface area (Å²) in [5, 5.41) is 8.73. The normalized spacial score (nSPS) is 17.4. The van der Waals surface area contributed by atoms with E-state index in [1.54, 1.807) is 33.5 Å². The van der Waals surface area contributed by atoms with Gasteiger partial charge >= 0.3 is 0 Å². The lowest BCUT2D eigenvalue weighted by Gasteiger charge is -2.41. The largest absolute Gasteiger partial charge is 0.493 e. The lowest BCUT2D eigenvalue weighted by atomic mass is 9.88. The van der Waals surface area contributed by atoms with Gasteiger partial charge in [0, 0.05) is 17.6 Å². The van der Waals surface area contributed by atoms with E-state index in [-0.39, 0.29) is 5.91 Å². The highest BCUT2D eigenvalue weighted by Crippen LogP contribution is 2.41. The molecule has 1 aromatic carbocycles. The van der Waals surface area contributed by atoms with E-state index in [4.69, 9.17) is 18.6 Å². The average Bonchev–Trinajstić information content (AvgIpc) is 3.37. The molecule has 0 N–H and O–H groups in total. The fraction of sp³-hybridized carbons (Fsp3) is 0.640. The van der Waals surface area contributed by atoms with Crippen molar-refractivity contribution in [3.05, 3.63) is 12.1 Å². The number of amides is 1. The van der Waals surface area contributed by atoms with Crippen molar-refractivity contribution < 1.29 is 23.4 Å². The first kappa shape index (κ1) is 24.7. The highest BCUT2D eigenvalue weighted by Gasteiger charge is 2.32. The number of benzene rings is 1. The summed E-state index contributed by atoms with van der Waals surface area (Å²) < 4.78 is 22.1. The zero-order chi connectivity index (χ0) is 23.9. The molecule has 1 heterocycles. The molecule has 34 heavy (non-hydrogen) atoms. The molecule has 0 aliphatic heterocycles. The summed E-state index contributed by atoms with van der Waals surface area (Å²) in [6.07, 6.45) is 11.9. The SMILES string of the molecule is COc1cc(-c2nnc(SCC(=O)N(C3CCCCC3)C3CCCCC3)o2)cc(OC)c1OC. The molecule has 0 atom stereocenters. The van der Waals surface area contributed by atoms with E-state index in [1.807, 2.05) is 0 Å². The van der Waals surface area contributed by atoms with Crippen LogP contribution in [0.4, 0.5) is 0 Å². The van der Waals surface area contributed by atoms with Gasteiger partial charge in [0.25, 0.3) is 5.22 Å². The average molecular weight is 490 g/mol. The number of hydrogen-bond acceptors (Lipinski definition) is 8. The molecule has 0 bridgehead atoms. The molecule has 0 saturated heterocycles. The van der Waals surface area contributed by atoms with Crippen LogP contribution in [0.5, 0.6) is 17.2 Å². The Morgan fingerprint density at radius 2 is 1.47 bits per heavy atom. The molecule has 1 amide bonds. The number of hydrogen-bond donors (Lipinski definition) is 0. The second kappa shape index (κ2) is 11.8. The van der Waals surface area contributed by atoms with Crippen LogP contribution in [0.3, 0.4) is 0 Å². The van der Waals surface area contributed by atoms with Gasteiger partial charge in [-0.1, -0.05) is 50.3 Å². The van der Waals surface area contributed by atoms with Gasteiger partial charge in [0.1, 0.15) is 0 Å². The van der Waals surface area contributed by atoms with E-state index in [2.05, 4.69) is 15.1 Å². The molecule has 2 aliphatic carbocycles. The number of carbonyl (C=O) groups is 1. The van der Waals surface area contributed by atoms with Gasteiger partial charge in [0.15, 0.2) is 11.5 Å². The summed E-state index contributed by atoms with van der Waals surface area (Å²) in [6, 6.07) is 4.29. The van der Waals surface area contributed by atoms with Crippen molar-refractivity contribution in [3.63, 3.8) is 0 Å². The number of ether oxygens (including phenoxy) is 3. The van der Waals surface area contributed by atoms with Crippen LogP contribution in [0.2, 0.25) is 0 Å². The zero-order valence-electron chi connectivity index (χ0n) is 20.4. The van der Waals surface area contributed by atoms with Crippen molar-refractivity contribution >= 4 is 17.7 Å². The van der Waals surface area contributed by atoms with Crippen molar-refractivity contribution in [2.24, 2.45) is 0 Å². The monoisotopic (exact) mass is 489 g/mol. The Kier molecular flexibility index (Phi) is 8.59. The third-order valence-corrected chi connectivity index (χ3v) is 7.66. The second-order valence-electron chi connectivity index (χ2n) is 8.96. The summed E-state index contributed by atoms with van der Waals surface area (Å²) in [5.41, 5.74) is 0.659. The molecular formula is C25H35N3O5S. The van der Waals surface area contributed by atoms with Gasteiger partial charge in [-0.2, -0.15) is 0 Å². The molecule has 0 unspecified atom stereocenters. The van der Waals surface area contributed by atoms with Gasteiger partial charge in [0.05, 0.1) is 27.1 Å². The number of thioether (sulfide) groups is 1. The molecular weight excluding hydrogens is 454 g/mol. The van der Waals surface area contributed by atoms with Crippen molar-refractivity contribution in [3.8, 4) is 28.7 Å². The molecule has 2 fully saturated rings. The third-order valence-electron chi connectivity index (χ3n) is 6.86. The Hall–Kier alpha value is -2.42. The van der Waals surface area contributed by atoms with Crippen molar-refractivity contribution in [2.45, 2.75) is 81.5 Å². The highest BCUT2D eigenvalue weighted by atomic mass is 32.2. The van der Waals surface area contributed by atoms with Gasteiger partial charge in [-0.05, 0) is 37.8 Å². The van der Waals surface area contributed by atoms with Gasteiger partial charge in [-0.15, -0.1) is 10.2 Å². The highest BCUT2D eigenvalue weighted by molar-refractivity contribution is 7.99. The molecule has 1 aromatic heterocycles. The molecule has 8 nitrogen and oxygen atoms in total. The van der Waals surface area contributed by atoms with Gasteiger partial charge in [0.2, 0.25) is 17.5 Å². The number of aromatic nitrogens is 2. The van der Waals surface area contributed by atoms with Crippen LogP contribution in [-0.2, 0) is 4.79 Å². The Morgan fingerprint density at radius 1 is 0.912 bits per heavy atom. The number of methoxy groups -OCH3 is 3. The van der Waals surface area contributed by atoms with E-state index >= 15 is 0 Å². The second-order valence-corrected chi connectivity index (χ2v) is 9.89. The quantitative estimate of drug-likeness (QED) is 0.436. The van der Waals surface area contributed by atoms with E-state index in [0.717, 1.165) is 25.7 Å². The molecule has 9 heteroatoms. The van der Waals surface area contributed by atoms with E-state index in [9.17, 15) is 4.79 Å². The Morgan fingerprint density at radius 3 is 1.97 bits per heavy atom. The smallest absolute Gasteiger partial charge is 0.277 e. The van der Waals surface area contributed by atoms with Crippen molar-refractivity contribution in [1.82, 2.24) is 15.1 Å². The summed E-state index contributed by atoms with van der Waals surface area (Å²) in [5.74, 6) is 2.36. The molecule has 4 rings (SSSR count). The zero-order valence-corrected chi connectivity index (χ0v) is 21.2. The van der Waals surface area contributed by atoms with Crippen LogP contribution in [0.25, 0.3) is 11.5 Å². The fourth-order valence-electron chi connectivity index (χ4n) is 5.21. The predicted molar refractivity (Wildman–Crippen MR) is 131 cm³/mol. The van der Waals surface area contributed by atoms with Gasteiger partial charge in [-0.3, -0.25) is 4.79 Å². The minimum Gasteiger partial charge on any atom is -0.493 e. The first-order valence-electron chi connectivity index (χ1n) is 12.2. The third kappa shape index (κ3) is 5.62. The summed E-state index contributed by atoms with van der Waals surface area (Å²) in [7, 11) is 4.68. The van der Waals surface area contributed by atoms with Crippen molar-refractivity contribution in [2.75, 3.05) is 27.1 Å². The van der Waals surface area contributed by atoms with Crippen molar-refractivity contribution in [1.29, 1.82) is 0 Å². The van der Waals surface area contributed by atoms with E-state index in [1.165, 1.54) is 50.3 Å². The number of nitrogens with zero attached hydrogens (tertiary/aromatic N) is 3. The number of carbonyl (C=O) groups excluding carboxylic acids is 1. The van der Waals surface area contributed by atoms with Crippen LogP contribution in [-0.4, -0.2) is 60.2 Å². The van der Waals surface area contributed by atoms with Gasteiger partial charge < -0.3 is 23.5 Å². The van der Waals surface area contributed by atoms with Crippen LogP contribution in [0.15, 0.2) is 21.8 Å². The molecule has 2 aliphatic rings. The van der Waals surface area contributed by atoms with Crippen LogP contribution in [0, 0.1) is 0 Å². The summed E-state index contributed by atoms with van der Waals surface area (Å²) >= 11 is 1.31. The maximum atomic E-state index is 13.4. The van der Waals surface area contributed by atoms with E-state index < -0.39 is 0 Å². The van der Waals surface area contributed by atoms with Crippen LogP contribution < -0.4 is 14.2 Å². The Balaban J connectivity index is 1.45.